The number of methoxy groups -OCH3 is 2. The van der Waals surface area contributed by atoms with E-state index >= 15 is 0 Å². The van der Waals surface area contributed by atoms with Crippen molar-refractivity contribution in [2.45, 2.75) is 20.8 Å². The van der Waals surface area contributed by atoms with Crippen molar-refractivity contribution < 1.29 is 14.3 Å². The third-order valence-electron chi connectivity index (χ3n) is 3.44. The zero-order valence-corrected chi connectivity index (χ0v) is 15.7. The fourth-order valence-electron chi connectivity index (χ4n) is 1.96. The molecule has 0 aliphatic carbocycles. The number of amides is 1. The van der Waals surface area contributed by atoms with Crippen LogP contribution in [0.2, 0.25) is 5.02 Å². The highest BCUT2D eigenvalue weighted by molar-refractivity contribution is 6.32. The van der Waals surface area contributed by atoms with E-state index in [9.17, 15) is 4.79 Å². The Morgan fingerprint density at radius 1 is 1.12 bits per heavy atom. The molecule has 0 atom stereocenters. The van der Waals surface area contributed by atoms with Crippen LogP contribution < -0.4 is 20.1 Å². The topological polar surface area (TPSA) is 72.5 Å². The van der Waals surface area contributed by atoms with Gasteiger partial charge in [0.2, 0.25) is 5.91 Å². The second kappa shape index (κ2) is 7.61. The molecule has 2 N–H and O–H groups in total. The molecule has 2 aromatic rings. The SMILES string of the molecule is COc1cc(Nc2ccc(NC(=O)C(C)(C)C)nc2)c(OC)cc1Cl. The maximum atomic E-state index is 12.0. The summed E-state index contributed by atoms with van der Waals surface area (Å²) in [5, 5.41) is 6.44. The zero-order chi connectivity index (χ0) is 18.6. The van der Waals surface area contributed by atoms with Crippen molar-refractivity contribution in [3.05, 3.63) is 35.5 Å². The number of nitrogens with one attached hydrogen (secondary N) is 2. The Labute approximate surface area is 152 Å². The maximum Gasteiger partial charge on any atom is 0.230 e. The lowest BCUT2D eigenvalue weighted by molar-refractivity contribution is -0.123. The molecule has 6 nitrogen and oxygen atoms in total. The summed E-state index contributed by atoms with van der Waals surface area (Å²) < 4.78 is 10.6. The van der Waals surface area contributed by atoms with Gasteiger partial charge in [-0.25, -0.2) is 4.98 Å². The Balaban J connectivity index is 2.18. The Hall–Kier alpha value is -2.47. The minimum Gasteiger partial charge on any atom is -0.495 e. The fraction of sp³-hybridized carbons (Fsp3) is 0.333. The number of carbonyl (C=O) groups is 1. The molecular weight excluding hydrogens is 342 g/mol. The molecule has 0 unspecified atom stereocenters. The van der Waals surface area contributed by atoms with Gasteiger partial charge in [-0.15, -0.1) is 0 Å². The van der Waals surface area contributed by atoms with Gasteiger partial charge in [-0.3, -0.25) is 4.79 Å². The summed E-state index contributed by atoms with van der Waals surface area (Å²) in [7, 11) is 3.11. The number of pyridine rings is 1. The van der Waals surface area contributed by atoms with Crippen LogP contribution in [0.5, 0.6) is 11.5 Å². The predicted molar refractivity (Wildman–Crippen MR) is 100 cm³/mol. The number of anilines is 3. The minimum atomic E-state index is -0.480. The van der Waals surface area contributed by atoms with Crippen molar-refractivity contribution in [2.24, 2.45) is 5.41 Å². The molecule has 0 saturated carbocycles. The molecule has 2 rings (SSSR count). The summed E-state index contributed by atoms with van der Waals surface area (Å²) in [6, 6.07) is 6.96. The van der Waals surface area contributed by atoms with Gasteiger partial charge in [-0.2, -0.15) is 0 Å². The standard InChI is InChI=1S/C18H22ClN3O3/c1-18(2,3)17(23)22-16-7-6-11(10-20-16)21-13-9-14(24-4)12(19)8-15(13)25-5/h6-10,21H,1-5H3,(H,20,22,23). The highest BCUT2D eigenvalue weighted by Gasteiger charge is 2.21. The zero-order valence-electron chi connectivity index (χ0n) is 14.9. The van der Waals surface area contributed by atoms with Crippen molar-refractivity contribution >= 4 is 34.7 Å². The van der Waals surface area contributed by atoms with Crippen LogP contribution in [0.25, 0.3) is 0 Å². The molecule has 1 heterocycles. The largest absolute Gasteiger partial charge is 0.495 e. The molecule has 25 heavy (non-hydrogen) atoms. The number of nitrogens with zero attached hydrogens (tertiary/aromatic N) is 1. The number of rotatable bonds is 5. The first-order chi connectivity index (χ1) is 11.7. The molecule has 0 bridgehead atoms. The molecule has 0 fully saturated rings. The van der Waals surface area contributed by atoms with E-state index in [1.807, 2.05) is 26.8 Å². The molecule has 0 radical (unpaired) electrons. The van der Waals surface area contributed by atoms with Crippen LogP contribution in [-0.4, -0.2) is 25.1 Å². The molecule has 134 valence electrons. The Morgan fingerprint density at radius 3 is 2.32 bits per heavy atom. The monoisotopic (exact) mass is 363 g/mol. The molecule has 1 aromatic heterocycles. The quantitative estimate of drug-likeness (QED) is 0.819. The van der Waals surface area contributed by atoms with Crippen molar-refractivity contribution in [1.29, 1.82) is 0 Å². The molecule has 0 saturated heterocycles. The second-order valence-electron chi connectivity index (χ2n) is 6.45. The minimum absolute atomic E-state index is 0.0928. The van der Waals surface area contributed by atoms with Crippen molar-refractivity contribution in [3.8, 4) is 11.5 Å². The van der Waals surface area contributed by atoms with Gasteiger partial charge in [0.05, 0.1) is 36.8 Å². The Kier molecular flexibility index (Phi) is 5.74. The van der Waals surface area contributed by atoms with Crippen LogP contribution in [0.3, 0.4) is 0 Å². The third-order valence-corrected chi connectivity index (χ3v) is 3.73. The van der Waals surface area contributed by atoms with Crippen molar-refractivity contribution in [2.75, 3.05) is 24.9 Å². The molecule has 0 spiro atoms. The Bertz CT molecular complexity index is 755. The van der Waals surface area contributed by atoms with E-state index in [1.165, 1.54) is 0 Å². The lowest BCUT2D eigenvalue weighted by Gasteiger charge is -2.17. The normalized spacial score (nSPS) is 11.0. The number of benzene rings is 1. The molecule has 1 amide bonds. The highest BCUT2D eigenvalue weighted by Crippen LogP contribution is 2.37. The van der Waals surface area contributed by atoms with Gasteiger partial charge in [-0.05, 0) is 12.1 Å². The fourth-order valence-corrected chi connectivity index (χ4v) is 2.19. The van der Waals surface area contributed by atoms with E-state index in [0.717, 1.165) is 5.69 Å². The van der Waals surface area contributed by atoms with Crippen LogP contribution in [0.1, 0.15) is 20.8 Å². The van der Waals surface area contributed by atoms with Crippen LogP contribution in [-0.2, 0) is 4.79 Å². The smallest absolute Gasteiger partial charge is 0.230 e. The lowest BCUT2D eigenvalue weighted by atomic mass is 9.96. The van der Waals surface area contributed by atoms with Gasteiger partial charge >= 0.3 is 0 Å². The van der Waals surface area contributed by atoms with Gasteiger partial charge in [0.25, 0.3) is 0 Å². The number of carbonyl (C=O) groups excluding carboxylic acids is 1. The van der Waals surface area contributed by atoms with E-state index < -0.39 is 5.41 Å². The summed E-state index contributed by atoms with van der Waals surface area (Å²) in [6.07, 6.45) is 1.62. The number of hydrogen-bond acceptors (Lipinski definition) is 5. The summed E-state index contributed by atoms with van der Waals surface area (Å²) in [5.41, 5.74) is 0.944. The van der Waals surface area contributed by atoms with E-state index in [4.69, 9.17) is 21.1 Å². The maximum absolute atomic E-state index is 12.0. The van der Waals surface area contributed by atoms with E-state index in [1.54, 1.807) is 38.6 Å². The van der Waals surface area contributed by atoms with Gasteiger partial charge in [0.15, 0.2) is 0 Å². The van der Waals surface area contributed by atoms with Gasteiger partial charge in [0.1, 0.15) is 17.3 Å². The molecule has 7 heteroatoms. The van der Waals surface area contributed by atoms with Crippen LogP contribution >= 0.6 is 11.6 Å². The van der Waals surface area contributed by atoms with Crippen LogP contribution in [0, 0.1) is 5.41 Å². The summed E-state index contributed by atoms with van der Waals surface area (Å²) >= 11 is 6.10. The summed E-state index contributed by atoms with van der Waals surface area (Å²) in [6.45, 7) is 5.54. The number of halogens is 1. The lowest BCUT2D eigenvalue weighted by Crippen LogP contribution is -2.27. The summed E-state index contributed by atoms with van der Waals surface area (Å²) in [4.78, 5) is 16.2. The first-order valence-corrected chi connectivity index (χ1v) is 8.08. The number of ether oxygens (including phenoxy) is 2. The molecule has 0 aliphatic heterocycles. The molecule has 1 aromatic carbocycles. The van der Waals surface area contributed by atoms with Gasteiger partial charge in [0, 0.05) is 17.5 Å². The average molecular weight is 364 g/mol. The molecule has 0 aliphatic rings. The Morgan fingerprint density at radius 2 is 1.80 bits per heavy atom. The number of aromatic nitrogens is 1. The first kappa shape index (κ1) is 18.9. The second-order valence-corrected chi connectivity index (χ2v) is 6.86. The van der Waals surface area contributed by atoms with Gasteiger partial charge in [-0.1, -0.05) is 32.4 Å². The van der Waals surface area contributed by atoms with Crippen molar-refractivity contribution in [3.63, 3.8) is 0 Å². The van der Waals surface area contributed by atoms with E-state index in [0.29, 0.717) is 28.0 Å². The average Bonchev–Trinajstić information content (AvgIpc) is 2.56. The van der Waals surface area contributed by atoms with Crippen LogP contribution in [0.4, 0.5) is 17.2 Å². The highest BCUT2D eigenvalue weighted by atomic mass is 35.5. The number of hydrogen-bond donors (Lipinski definition) is 2. The third kappa shape index (κ3) is 4.76. The van der Waals surface area contributed by atoms with Crippen molar-refractivity contribution in [1.82, 2.24) is 4.98 Å². The van der Waals surface area contributed by atoms with E-state index in [2.05, 4.69) is 15.6 Å². The van der Waals surface area contributed by atoms with Gasteiger partial charge < -0.3 is 20.1 Å². The first-order valence-electron chi connectivity index (χ1n) is 7.70. The van der Waals surface area contributed by atoms with Crippen LogP contribution in [0.15, 0.2) is 30.5 Å². The van der Waals surface area contributed by atoms with E-state index in [-0.39, 0.29) is 5.91 Å². The predicted octanol–water partition coefficient (Wildman–Crippen LogP) is 4.48. The molecular formula is C18H22ClN3O3. The summed E-state index contributed by atoms with van der Waals surface area (Å²) in [5.74, 6) is 1.51.